The molecule has 1 aliphatic heterocycles. The van der Waals surface area contributed by atoms with Crippen molar-refractivity contribution in [3.8, 4) is 0 Å². The number of amides is 1. The molecule has 1 atom stereocenters. The maximum Gasteiger partial charge on any atom is 0.401 e. The van der Waals surface area contributed by atoms with Gasteiger partial charge < -0.3 is 9.32 Å². The Kier molecular flexibility index (Phi) is 4.55. The van der Waals surface area contributed by atoms with E-state index in [2.05, 4.69) is 4.98 Å². The fourth-order valence-electron chi connectivity index (χ4n) is 2.58. The molecule has 21 heavy (non-hydrogen) atoms. The van der Waals surface area contributed by atoms with E-state index in [4.69, 9.17) is 4.42 Å². The number of carbonyl (C=O) groups is 1. The molecule has 0 radical (unpaired) electrons. The molecule has 1 amide bonds. The van der Waals surface area contributed by atoms with Crippen LogP contribution in [-0.2, 0) is 11.3 Å². The molecule has 1 fully saturated rings. The van der Waals surface area contributed by atoms with E-state index in [1.165, 1.54) is 16.7 Å². The highest BCUT2D eigenvalue weighted by atomic mass is 19.4. The molecule has 0 N–H and O–H groups in total. The summed E-state index contributed by atoms with van der Waals surface area (Å²) in [5.74, 6) is 0.848. The highest BCUT2D eigenvalue weighted by molar-refractivity contribution is 5.73. The van der Waals surface area contributed by atoms with Gasteiger partial charge in [-0.25, -0.2) is 4.98 Å². The molecule has 1 aromatic rings. The highest BCUT2D eigenvalue weighted by Gasteiger charge is 2.36. The second-order valence-corrected chi connectivity index (χ2v) is 5.30. The van der Waals surface area contributed by atoms with Gasteiger partial charge in [-0.1, -0.05) is 0 Å². The van der Waals surface area contributed by atoms with Crippen molar-refractivity contribution in [2.75, 3.05) is 19.6 Å². The highest BCUT2D eigenvalue weighted by Crippen LogP contribution is 2.23. The third-order valence-corrected chi connectivity index (χ3v) is 3.47. The minimum Gasteiger partial charge on any atom is -0.444 e. The van der Waals surface area contributed by atoms with E-state index in [0.29, 0.717) is 24.6 Å². The Morgan fingerprint density at radius 3 is 2.81 bits per heavy atom. The van der Waals surface area contributed by atoms with Gasteiger partial charge in [-0.3, -0.25) is 9.69 Å². The Morgan fingerprint density at radius 2 is 2.29 bits per heavy atom. The third kappa shape index (κ3) is 4.45. The predicted molar refractivity (Wildman–Crippen MR) is 68.4 cm³/mol. The molecule has 2 heterocycles. The number of aryl methyl sites for hydroxylation is 1. The number of nitrogens with zero attached hydrogens (tertiary/aromatic N) is 3. The Balaban J connectivity index is 1.98. The van der Waals surface area contributed by atoms with Gasteiger partial charge in [-0.15, -0.1) is 0 Å². The number of aromatic nitrogens is 1. The second-order valence-electron chi connectivity index (χ2n) is 5.30. The molecular weight excluding hydrogens is 287 g/mol. The molecule has 0 spiro atoms. The summed E-state index contributed by atoms with van der Waals surface area (Å²) in [5.41, 5.74) is 0. The van der Waals surface area contributed by atoms with E-state index < -0.39 is 12.7 Å². The van der Waals surface area contributed by atoms with Gasteiger partial charge in [0.15, 0.2) is 0 Å². The molecule has 0 saturated carbocycles. The summed E-state index contributed by atoms with van der Waals surface area (Å²) in [7, 11) is 0. The van der Waals surface area contributed by atoms with Crippen LogP contribution in [0.15, 0.2) is 10.6 Å². The van der Waals surface area contributed by atoms with Crippen LogP contribution in [0.4, 0.5) is 13.2 Å². The normalized spacial score (nSPS) is 20.0. The van der Waals surface area contributed by atoms with Crippen LogP contribution in [0.1, 0.15) is 25.0 Å². The number of oxazole rings is 1. The lowest BCUT2D eigenvalue weighted by molar-refractivity contribution is -0.144. The minimum absolute atomic E-state index is 0.188. The number of rotatable bonds is 4. The topological polar surface area (TPSA) is 49.6 Å². The maximum absolute atomic E-state index is 12.4. The number of likely N-dealkylation sites (tertiary alicyclic amines) is 1. The van der Waals surface area contributed by atoms with Crippen LogP contribution in [0.5, 0.6) is 0 Å². The molecule has 1 aliphatic rings. The van der Waals surface area contributed by atoms with E-state index in [1.807, 2.05) is 0 Å². The maximum atomic E-state index is 12.4. The van der Waals surface area contributed by atoms with Crippen LogP contribution in [0.3, 0.4) is 0 Å². The van der Waals surface area contributed by atoms with Gasteiger partial charge in [0.25, 0.3) is 0 Å². The summed E-state index contributed by atoms with van der Waals surface area (Å²) < 4.78 is 42.5. The zero-order valence-corrected chi connectivity index (χ0v) is 12.0. The number of halogens is 3. The molecule has 8 heteroatoms. The number of carbonyl (C=O) groups excluding carboxylic acids is 1. The summed E-state index contributed by atoms with van der Waals surface area (Å²) in [5, 5.41) is 0. The molecule has 0 aliphatic carbocycles. The van der Waals surface area contributed by atoms with Gasteiger partial charge in [0.1, 0.15) is 5.76 Å². The molecule has 0 aromatic carbocycles. The first-order valence-corrected chi connectivity index (χ1v) is 6.72. The lowest BCUT2D eigenvalue weighted by Crippen LogP contribution is -2.41. The summed E-state index contributed by atoms with van der Waals surface area (Å²) in [4.78, 5) is 18.6. The van der Waals surface area contributed by atoms with Crippen molar-refractivity contribution < 1.29 is 22.4 Å². The van der Waals surface area contributed by atoms with Crippen LogP contribution >= 0.6 is 0 Å². The fourth-order valence-corrected chi connectivity index (χ4v) is 2.58. The SMILES string of the molecule is CC(=O)N(Cc1ncc(C)o1)C1CCN(CC(F)(F)F)C1. The first kappa shape index (κ1) is 15.8. The molecule has 1 aromatic heterocycles. The van der Waals surface area contributed by atoms with E-state index in [9.17, 15) is 18.0 Å². The van der Waals surface area contributed by atoms with Crippen LogP contribution in [-0.4, -0.2) is 52.5 Å². The minimum atomic E-state index is -4.21. The lowest BCUT2D eigenvalue weighted by Gasteiger charge is -2.27. The molecule has 0 bridgehead atoms. The zero-order chi connectivity index (χ0) is 15.6. The summed E-state index contributed by atoms with van der Waals surface area (Å²) in [6.07, 6.45) is -2.14. The molecule has 118 valence electrons. The van der Waals surface area contributed by atoms with Crippen molar-refractivity contribution in [1.29, 1.82) is 0 Å². The lowest BCUT2D eigenvalue weighted by atomic mass is 10.2. The number of hydrogen-bond donors (Lipinski definition) is 0. The molecular formula is C13H18F3N3O2. The summed E-state index contributed by atoms with van der Waals surface area (Å²) >= 11 is 0. The first-order chi connectivity index (χ1) is 9.74. The molecule has 5 nitrogen and oxygen atoms in total. The van der Waals surface area contributed by atoms with Crippen molar-refractivity contribution in [3.05, 3.63) is 17.8 Å². The largest absolute Gasteiger partial charge is 0.444 e. The quantitative estimate of drug-likeness (QED) is 0.853. The van der Waals surface area contributed by atoms with Gasteiger partial charge in [0, 0.05) is 26.1 Å². The monoisotopic (exact) mass is 305 g/mol. The molecule has 1 saturated heterocycles. The van der Waals surface area contributed by atoms with Gasteiger partial charge >= 0.3 is 6.18 Å². The van der Waals surface area contributed by atoms with Gasteiger partial charge in [0.05, 0.1) is 19.3 Å². The van der Waals surface area contributed by atoms with Crippen molar-refractivity contribution in [1.82, 2.24) is 14.8 Å². The summed E-state index contributed by atoms with van der Waals surface area (Å²) in [6, 6.07) is -0.239. The average molecular weight is 305 g/mol. The predicted octanol–water partition coefficient (Wildman–Crippen LogP) is 1.97. The second kappa shape index (κ2) is 6.05. The Bertz CT molecular complexity index is 501. The number of hydrogen-bond acceptors (Lipinski definition) is 4. The first-order valence-electron chi connectivity index (χ1n) is 6.72. The average Bonchev–Trinajstić information content (AvgIpc) is 2.93. The summed E-state index contributed by atoms with van der Waals surface area (Å²) in [6.45, 7) is 2.95. The smallest absolute Gasteiger partial charge is 0.401 e. The van der Waals surface area contributed by atoms with E-state index in [1.54, 1.807) is 13.1 Å². The van der Waals surface area contributed by atoms with E-state index in [-0.39, 0.29) is 25.0 Å². The van der Waals surface area contributed by atoms with Crippen LogP contribution < -0.4 is 0 Å². The Hall–Kier alpha value is -1.57. The molecule has 2 rings (SSSR count). The van der Waals surface area contributed by atoms with Gasteiger partial charge in [-0.2, -0.15) is 13.2 Å². The van der Waals surface area contributed by atoms with Crippen molar-refractivity contribution in [2.45, 2.75) is 39.0 Å². The van der Waals surface area contributed by atoms with E-state index in [0.717, 1.165) is 0 Å². The standard InChI is InChI=1S/C13H18F3N3O2/c1-9-5-17-12(21-9)7-19(10(2)20)11-3-4-18(6-11)8-13(14,15)16/h5,11H,3-4,6-8H2,1-2H3. The van der Waals surface area contributed by atoms with Gasteiger partial charge in [-0.05, 0) is 13.3 Å². The third-order valence-electron chi connectivity index (χ3n) is 3.47. The van der Waals surface area contributed by atoms with Crippen molar-refractivity contribution in [2.24, 2.45) is 0 Å². The fraction of sp³-hybridized carbons (Fsp3) is 0.692. The molecule has 1 unspecified atom stereocenters. The van der Waals surface area contributed by atoms with Crippen molar-refractivity contribution >= 4 is 5.91 Å². The van der Waals surface area contributed by atoms with Gasteiger partial charge in [0.2, 0.25) is 11.8 Å². The Labute approximate surface area is 120 Å². The van der Waals surface area contributed by atoms with Crippen LogP contribution in [0.2, 0.25) is 0 Å². The van der Waals surface area contributed by atoms with Crippen LogP contribution in [0.25, 0.3) is 0 Å². The van der Waals surface area contributed by atoms with Crippen LogP contribution in [0, 0.1) is 6.92 Å². The van der Waals surface area contributed by atoms with E-state index >= 15 is 0 Å². The Morgan fingerprint density at radius 1 is 1.57 bits per heavy atom. The number of alkyl halides is 3. The van der Waals surface area contributed by atoms with Crippen molar-refractivity contribution in [3.63, 3.8) is 0 Å². The zero-order valence-electron chi connectivity index (χ0n) is 12.0.